The molecule has 6 nitrogen and oxygen atoms in total. The standard InChI is InChI=1S/C21H25F7N4O2/c1-7-15-11(20(33)30-21(34)32(15)9-2-3-9)10(17(23)24)13(22)16(7)31-5-4-8(6-31)14(29)12(18(25)26)19(27)28/h7-9,12,14,16-19H,2-6,29H2,1H3,(H,30,33,34). The largest absolute Gasteiger partial charge is 0.328 e. The van der Waals surface area contributed by atoms with Gasteiger partial charge in [0.2, 0.25) is 12.9 Å². The van der Waals surface area contributed by atoms with Crippen LogP contribution in [0.4, 0.5) is 30.7 Å². The Morgan fingerprint density at radius 1 is 1.03 bits per heavy atom. The van der Waals surface area contributed by atoms with E-state index in [9.17, 15) is 35.9 Å². The summed E-state index contributed by atoms with van der Waals surface area (Å²) in [5.41, 5.74) is 2.20. The lowest BCUT2D eigenvalue weighted by Crippen LogP contribution is -2.48. The molecule has 0 radical (unpaired) electrons. The number of alkyl halides is 6. The molecule has 4 unspecified atom stereocenters. The van der Waals surface area contributed by atoms with Gasteiger partial charge in [0.25, 0.3) is 12.0 Å². The number of halogens is 7. The molecule has 1 aliphatic heterocycles. The third kappa shape index (κ3) is 4.10. The molecule has 1 aromatic rings. The molecule has 1 saturated heterocycles. The predicted octanol–water partition coefficient (Wildman–Crippen LogP) is 3.10. The summed E-state index contributed by atoms with van der Waals surface area (Å²) in [5.74, 6) is -5.38. The first-order chi connectivity index (χ1) is 16.0. The van der Waals surface area contributed by atoms with Crippen molar-refractivity contribution in [2.75, 3.05) is 13.1 Å². The summed E-state index contributed by atoms with van der Waals surface area (Å²) in [6.45, 7) is 1.38. The molecule has 190 valence electrons. The number of nitrogens with one attached hydrogen (secondary N) is 1. The van der Waals surface area contributed by atoms with Gasteiger partial charge in [-0.05, 0) is 31.7 Å². The molecule has 1 aromatic heterocycles. The van der Waals surface area contributed by atoms with E-state index in [0.29, 0.717) is 12.8 Å². The van der Waals surface area contributed by atoms with E-state index in [1.165, 1.54) is 16.4 Å². The Kier molecular flexibility index (Phi) is 6.71. The van der Waals surface area contributed by atoms with Gasteiger partial charge >= 0.3 is 5.69 Å². The van der Waals surface area contributed by atoms with Crippen LogP contribution in [-0.2, 0) is 0 Å². The molecule has 2 fully saturated rings. The highest BCUT2D eigenvalue weighted by atomic mass is 19.3. The minimum Gasteiger partial charge on any atom is -0.327 e. The predicted molar refractivity (Wildman–Crippen MR) is 109 cm³/mol. The Balaban J connectivity index is 1.73. The Labute approximate surface area is 189 Å². The van der Waals surface area contributed by atoms with Crippen molar-refractivity contribution in [3.63, 3.8) is 0 Å². The summed E-state index contributed by atoms with van der Waals surface area (Å²) in [4.78, 5) is 28.4. The van der Waals surface area contributed by atoms with E-state index in [1.54, 1.807) is 0 Å². The summed E-state index contributed by atoms with van der Waals surface area (Å²) in [5, 5.41) is 0. The highest BCUT2D eigenvalue weighted by Crippen LogP contribution is 2.46. The van der Waals surface area contributed by atoms with Crippen LogP contribution in [0, 0.1) is 11.8 Å². The van der Waals surface area contributed by atoms with Crippen molar-refractivity contribution in [3.05, 3.63) is 37.9 Å². The zero-order chi connectivity index (χ0) is 25.1. The van der Waals surface area contributed by atoms with Crippen molar-refractivity contribution >= 4 is 5.57 Å². The number of likely N-dealkylation sites (tertiary alicyclic amines) is 1. The van der Waals surface area contributed by atoms with Gasteiger partial charge in [0, 0.05) is 30.2 Å². The highest BCUT2D eigenvalue weighted by molar-refractivity contribution is 5.74. The first kappa shape index (κ1) is 25.0. The van der Waals surface area contributed by atoms with Gasteiger partial charge < -0.3 is 5.73 Å². The first-order valence-corrected chi connectivity index (χ1v) is 11.1. The lowest BCUT2D eigenvalue weighted by molar-refractivity contribution is -0.0473. The smallest absolute Gasteiger partial charge is 0.327 e. The number of allylic oxidation sites excluding steroid dienone is 1. The maximum Gasteiger partial charge on any atom is 0.328 e. The molecule has 4 atom stereocenters. The molecule has 0 bridgehead atoms. The molecule has 0 spiro atoms. The number of H-pyrrole nitrogens is 1. The summed E-state index contributed by atoms with van der Waals surface area (Å²) >= 11 is 0. The Morgan fingerprint density at radius 2 is 1.65 bits per heavy atom. The van der Waals surface area contributed by atoms with Crippen molar-refractivity contribution in [1.82, 2.24) is 14.5 Å². The second-order valence-corrected chi connectivity index (χ2v) is 9.28. The lowest BCUT2D eigenvalue weighted by atomic mass is 9.82. The number of aromatic nitrogens is 2. The first-order valence-electron chi connectivity index (χ1n) is 11.1. The fourth-order valence-corrected chi connectivity index (χ4v) is 5.45. The van der Waals surface area contributed by atoms with Crippen molar-refractivity contribution in [2.45, 2.75) is 69.5 Å². The number of aromatic amines is 1. The average Bonchev–Trinajstić information content (AvgIpc) is 3.44. The summed E-state index contributed by atoms with van der Waals surface area (Å²) in [6.07, 6.45) is -8.79. The zero-order valence-electron chi connectivity index (χ0n) is 18.2. The Hall–Kier alpha value is -2.15. The van der Waals surface area contributed by atoms with Gasteiger partial charge in [-0.2, -0.15) is 0 Å². The van der Waals surface area contributed by atoms with Gasteiger partial charge in [0.1, 0.15) is 5.83 Å². The second-order valence-electron chi connectivity index (χ2n) is 9.28. The SMILES string of the molecule is CC1c2c(c(=O)[nH]c(=O)n2C2CC2)C(C(F)F)=C(F)C1N1CCC(C(N)C(C(F)F)C(F)F)C1. The molecule has 0 aromatic carbocycles. The van der Waals surface area contributed by atoms with Gasteiger partial charge in [0.15, 0.2) is 0 Å². The topological polar surface area (TPSA) is 84.1 Å². The molecule has 2 aliphatic carbocycles. The molecular weight excluding hydrogens is 473 g/mol. The minimum atomic E-state index is -3.36. The fourth-order valence-electron chi connectivity index (χ4n) is 5.45. The Morgan fingerprint density at radius 3 is 2.18 bits per heavy atom. The van der Waals surface area contributed by atoms with Gasteiger partial charge in [-0.15, -0.1) is 0 Å². The van der Waals surface area contributed by atoms with Crippen LogP contribution in [0.5, 0.6) is 0 Å². The Bertz CT molecular complexity index is 1070. The van der Waals surface area contributed by atoms with E-state index in [4.69, 9.17) is 5.73 Å². The molecule has 4 rings (SSSR count). The van der Waals surface area contributed by atoms with Crippen LogP contribution in [0.25, 0.3) is 5.57 Å². The van der Waals surface area contributed by atoms with Crippen molar-refractivity contribution < 1.29 is 30.7 Å². The summed E-state index contributed by atoms with van der Waals surface area (Å²) in [6, 6.07) is -3.21. The fraction of sp³-hybridized carbons (Fsp3) is 0.714. The van der Waals surface area contributed by atoms with Crippen molar-refractivity contribution in [1.29, 1.82) is 0 Å². The van der Waals surface area contributed by atoms with Gasteiger partial charge in [-0.3, -0.25) is 19.2 Å². The third-order valence-corrected chi connectivity index (χ3v) is 7.22. The molecule has 0 amide bonds. The number of nitrogens with zero attached hydrogens (tertiary/aromatic N) is 2. The third-order valence-electron chi connectivity index (χ3n) is 7.22. The van der Waals surface area contributed by atoms with Crippen LogP contribution in [0.2, 0.25) is 0 Å². The maximum absolute atomic E-state index is 15.6. The van der Waals surface area contributed by atoms with Gasteiger partial charge in [-0.25, -0.2) is 35.5 Å². The highest BCUT2D eigenvalue weighted by Gasteiger charge is 2.48. The maximum atomic E-state index is 15.6. The molecule has 2 heterocycles. The summed E-state index contributed by atoms with van der Waals surface area (Å²) in [7, 11) is 0. The normalized spacial score (nSPS) is 26.9. The van der Waals surface area contributed by atoms with E-state index in [2.05, 4.69) is 0 Å². The van der Waals surface area contributed by atoms with Gasteiger partial charge in [0.05, 0.1) is 23.1 Å². The van der Waals surface area contributed by atoms with Crippen molar-refractivity contribution in [3.8, 4) is 0 Å². The molecular formula is C21H25F7N4O2. The number of hydrogen-bond acceptors (Lipinski definition) is 4. The average molecular weight is 498 g/mol. The molecule has 3 N–H and O–H groups in total. The van der Waals surface area contributed by atoms with Crippen LogP contribution in [-0.4, -0.2) is 58.9 Å². The van der Waals surface area contributed by atoms with Crippen molar-refractivity contribution in [2.24, 2.45) is 17.6 Å². The van der Waals surface area contributed by atoms with Gasteiger partial charge in [-0.1, -0.05) is 6.92 Å². The molecule has 3 aliphatic rings. The number of fused-ring (bicyclic) bond motifs is 1. The van der Waals surface area contributed by atoms with E-state index in [0.717, 1.165) is 0 Å². The molecule has 1 saturated carbocycles. The zero-order valence-corrected chi connectivity index (χ0v) is 18.2. The number of rotatable bonds is 7. The van der Waals surface area contributed by atoms with E-state index in [-0.39, 0.29) is 31.2 Å². The number of nitrogens with two attached hydrogens (primary N) is 1. The van der Waals surface area contributed by atoms with E-state index < -0.39 is 77.3 Å². The lowest BCUT2D eigenvalue weighted by Gasteiger charge is -2.38. The van der Waals surface area contributed by atoms with Crippen LogP contribution < -0.4 is 17.0 Å². The monoisotopic (exact) mass is 498 g/mol. The van der Waals surface area contributed by atoms with Crippen LogP contribution >= 0.6 is 0 Å². The quantitative estimate of drug-likeness (QED) is 0.566. The van der Waals surface area contributed by atoms with Crippen LogP contribution in [0.1, 0.15) is 49.4 Å². The van der Waals surface area contributed by atoms with E-state index in [1.807, 2.05) is 4.98 Å². The molecule has 13 heteroatoms. The minimum absolute atomic E-state index is 0.00346. The van der Waals surface area contributed by atoms with Crippen LogP contribution in [0.15, 0.2) is 15.4 Å². The van der Waals surface area contributed by atoms with E-state index >= 15 is 4.39 Å². The summed E-state index contributed by atoms with van der Waals surface area (Å²) < 4.78 is 97.4. The van der Waals surface area contributed by atoms with Crippen LogP contribution in [0.3, 0.4) is 0 Å². The number of hydrogen-bond donors (Lipinski definition) is 2. The second kappa shape index (κ2) is 9.14. The molecule has 34 heavy (non-hydrogen) atoms.